The van der Waals surface area contributed by atoms with Crippen LogP contribution in [0.3, 0.4) is 0 Å². The smallest absolute Gasteiger partial charge is 0.190 e. The van der Waals surface area contributed by atoms with Crippen LogP contribution in [0.1, 0.15) is 11.3 Å². The number of thioether (sulfide) groups is 2. The minimum absolute atomic E-state index is 0.637. The second-order valence-electron chi connectivity index (χ2n) is 4.65. The van der Waals surface area contributed by atoms with E-state index in [1.165, 1.54) is 0 Å². The lowest BCUT2D eigenvalue weighted by atomic mass is 10.2. The van der Waals surface area contributed by atoms with Gasteiger partial charge in [0.2, 0.25) is 0 Å². The van der Waals surface area contributed by atoms with Gasteiger partial charge in [-0.15, -0.1) is 6.58 Å². The highest BCUT2D eigenvalue weighted by Gasteiger charge is 2.08. The molecule has 0 aliphatic heterocycles. The standard InChI is InChI=1S/C16H17Cl2N3S2/c1-3-6-19-15-8-13(10-22-2)20-16(21-15)23-9-11-4-5-12(17)7-14(11)18/h3-5,7-8H,1,6,9-10H2,2H3,(H,19,20,21). The molecule has 1 N–H and O–H groups in total. The summed E-state index contributed by atoms with van der Waals surface area (Å²) in [4.78, 5) is 9.12. The van der Waals surface area contributed by atoms with Crippen LogP contribution in [-0.4, -0.2) is 22.8 Å². The Morgan fingerprint density at radius 2 is 2.04 bits per heavy atom. The second-order valence-corrected chi connectivity index (χ2v) is 7.31. The zero-order valence-corrected chi connectivity index (χ0v) is 15.8. The Morgan fingerprint density at radius 3 is 2.74 bits per heavy atom. The van der Waals surface area contributed by atoms with Gasteiger partial charge in [-0.05, 0) is 24.0 Å². The van der Waals surface area contributed by atoms with Gasteiger partial charge in [-0.3, -0.25) is 0 Å². The maximum atomic E-state index is 6.21. The van der Waals surface area contributed by atoms with Gasteiger partial charge < -0.3 is 5.32 Å². The highest BCUT2D eigenvalue weighted by Crippen LogP contribution is 2.28. The summed E-state index contributed by atoms with van der Waals surface area (Å²) in [5, 5.41) is 5.25. The maximum absolute atomic E-state index is 6.21. The lowest BCUT2D eigenvalue weighted by molar-refractivity contribution is 0.925. The van der Waals surface area contributed by atoms with Crippen molar-refractivity contribution in [1.82, 2.24) is 9.97 Å². The zero-order chi connectivity index (χ0) is 16.7. The summed E-state index contributed by atoms with van der Waals surface area (Å²) in [6.45, 7) is 4.38. The van der Waals surface area contributed by atoms with Crippen molar-refractivity contribution in [3.05, 3.63) is 58.2 Å². The fraction of sp³-hybridized carbons (Fsp3) is 0.250. The summed E-state index contributed by atoms with van der Waals surface area (Å²) in [5.74, 6) is 2.36. The topological polar surface area (TPSA) is 37.8 Å². The minimum atomic E-state index is 0.637. The molecule has 0 aliphatic carbocycles. The molecule has 2 rings (SSSR count). The Hall–Kier alpha value is -0.880. The van der Waals surface area contributed by atoms with E-state index in [9.17, 15) is 0 Å². The maximum Gasteiger partial charge on any atom is 0.190 e. The highest BCUT2D eigenvalue weighted by molar-refractivity contribution is 7.98. The van der Waals surface area contributed by atoms with Crippen LogP contribution < -0.4 is 5.32 Å². The van der Waals surface area contributed by atoms with Gasteiger partial charge in [0.05, 0.1) is 5.69 Å². The first kappa shape index (κ1) is 18.5. The fourth-order valence-electron chi connectivity index (χ4n) is 1.81. The van der Waals surface area contributed by atoms with Crippen molar-refractivity contribution in [2.24, 2.45) is 0 Å². The molecule has 2 aromatic rings. The number of halogens is 2. The number of hydrogen-bond donors (Lipinski definition) is 1. The third kappa shape index (κ3) is 5.92. The average Bonchev–Trinajstić information content (AvgIpc) is 2.52. The molecule has 0 unspecified atom stereocenters. The van der Waals surface area contributed by atoms with E-state index < -0.39 is 0 Å². The van der Waals surface area contributed by atoms with Crippen LogP contribution >= 0.6 is 46.7 Å². The van der Waals surface area contributed by atoms with E-state index >= 15 is 0 Å². The molecule has 0 fully saturated rings. The largest absolute Gasteiger partial charge is 0.366 e. The van der Waals surface area contributed by atoms with Crippen LogP contribution in [0.5, 0.6) is 0 Å². The SMILES string of the molecule is C=CCNc1cc(CSC)nc(SCc2ccc(Cl)cc2Cl)n1. The van der Waals surface area contributed by atoms with E-state index in [-0.39, 0.29) is 0 Å². The third-order valence-corrected chi connectivity index (χ3v) is 4.92. The molecule has 0 amide bonds. The molecule has 1 aromatic carbocycles. The molecule has 0 saturated carbocycles. The van der Waals surface area contributed by atoms with Crippen LogP contribution in [0.25, 0.3) is 0 Å². The number of aromatic nitrogens is 2. The third-order valence-electron chi connectivity index (χ3n) is 2.85. The van der Waals surface area contributed by atoms with E-state index in [0.717, 1.165) is 28.0 Å². The molecule has 0 spiro atoms. The quantitative estimate of drug-likeness (QED) is 0.366. The second kappa shape index (κ2) is 9.42. The molecule has 0 saturated heterocycles. The van der Waals surface area contributed by atoms with Crippen molar-refractivity contribution in [1.29, 1.82) is 0 Å². The summed E-state index contributed by atoms with van der Waals surface area (Å²) >= 11 is 15.4. The number of rotatable bonds is 8. The Kier molecular flexibility index (Phi) is 7.56. The van der Waals surface area contributed by atoms with Crippen LogP contribution in [0.2, 0.25) is 10.0 Å². The van der Waals surface area contributed by atoms with Gasteiger partial charge in [0, 0.05) is 34.2 Å². The van der Waals surface area contributed by atoms with Crippen LogP contribution in [0.4, 0.5) is 5.82 Å². The van der Waals surface area contributed by atoms with E-state index in [4.69, 9.17) is 23.2 Å². The van der Waals surface area contributed by atoms with Crippen molar-refractivity contribution in [2.75, 3.05) is 18.1 Å². The average molecular weight is 386 g/mol. The molecular weight excluding hydrogens is 369 g/mol. The monoisotopic (exact) mass is 385 g/mol. The predicted octanol–water partition coefficient (Wildman–Crippen LogP) is 5.54. The summed E-state index contributed by atoms with van der Waals surface area (Å²) in [6.07, 6.45) is 3.86. The first-order chi connectivity index (χ1) is 11.1. The van der Waals surface area contributed by atoms with E-state index in [1.807, 2.05) is 18.2 Å². The molecule has 0 radical (unpaired) electrons. The molecule has 0 bridgehead atoms. The van der Waals surface area contributed by atoms with Gasteiger partial charge in [0.1, 0.15) is 5.82 Å². The molecule has 0 atom stereocenters. The summed E-state index contributed by atoms with van der Waals surface area (Å²) < 4.78 is 0. The Balaban J connectivity index is 2.13. The summed E-state index contributed by atoms with van der Waals surface area (Å²) in [7, 11) is 0. The fourth-order valence-corrected chi connectivity index (χ4v) is 3.69. The first-order valence-electron chi connectivity index (χ1n) is 6.90. The molecule has 23 heavy (non-hydrogen) atoms. The Morgan fingerprint density at radius 1 is 1.22 bits per heavy atom. The summed E-state index contributed by atoms with van der Waals surface area (Å²) in [5.41, 5.74) is 2.02. The number of nitrogens with zero attached hydrogens (tertiary/aromatic N) is 2. The van der Waals surface area contributed by atoms with Gasteiger partial charge in [-0.1, -0.05) is 47.1 Å². The molecule has 1 heterocycles. The Bertz CT molecular complexity index is 680. The normalized spacial score (nSPS) is 10.6. The van der Waals surface area contributed by atoms with Gasteiger partial charge in [0.25, 0.3) is 0 Å². The van der Waals surface area contributed by atoms with E-state index in [1.54, 1.807) is 35.7 Å². The van der Waals surface area contributed by atoms with E-state index in [2.05, 4.69) is 28.1 Å². The van der Waals surface area contributed by atoms with Crippen molar-refractivity contribution in [2.45, 2.75) is 16.7 Å². The van der Waals surface area contributed by atoms with Crippen molar-refractivity contribution < 1.29 is 0 Å². The minimum Gasteiger partial charge on any atom is -0.366 e. The number of hydrogen-bond acceptors (Lipinski definition) is 5. The Labute approximate surface area is 155 Å². The molecular formula is C16H17Cl2N3S2. The summed E-state index contributed by atoms with van der Waals surface area (Å²) in [6, 6.07) is 7.49. The van der Waals surface area contributed by atoms with Gasteiger partial charge >= 0.3 is 0 Å². The molecule has 7 heteroatoms. The van der Waals surface area contributed by atoms with Gasteiger partial charge in [-0.25, -0.2) is 9.97 Å². The van der Waals surface area contributed by atoms with Gasteiger partial charge in [-0.2, -0.15) is 11.8 Å². The van der Waals surface area contributed by atoms with Crippen molar-refractivity contribution in [3.63, 3.8) is 0 Å². The number of nitrogens with one attached hydrogen (secondary N) is 1. The van der Waals surface area contributed by atoms with Crippen LogP contribution in [0, 0.1) is 0 Å². The number of anilines is 1. The van der Waals surface area contributed by atoms with Crippen molar-refractivity contribution >= 4 is 52.5 Å². The van der Waals surface area contributed by atoms with Crippen molar-refractivity contribution in [3.8, 4) is 0 Å². The lowest BCUT2D eigenvalue weighted by Gasteiger charge is -2.09. The highest BCUT2D eigenvalue weighted by atomic mass is 35.5. The van der Waals surface area contributed by atoms with Crippen LogP contribution in [-0.2, 0) is 11.5 Å². The lowest BCUT2D eigenvalue weighted by Crippen LogP contribution is -2.04. The first-order valence-corrected chi connectivity index (χ1v) is 10.0. The molecule has 3 nitrogen and oxygen atoms in total. The predicted molar refractivity (Wildman–Crippen MR) is 104 cm³/mol. The molecule has 122 valence electrons. The van der Waals surface area contributed by atoms with Gasteiger partial charge in [0.15, 0.2) is 5.16 Å². The van der Waals surface area contributed by atoms with Crippen LogP contribution in [0.15, 0.2) is 42.1 Å². The molecule has 1 aromatic heterocycles. The number of benzene rings is 1. The molecule has 0 aliphatic rings. The van der Waals surface area contributed by atoms with E-state index in [0.29, 0.717) is 22.3 Å². The zero-order valence-electron chi connectivity index (χ0n) is 12.7.